The molecule has 1 saturated carbocycles. The zero-order valence-electron chi connectivity index (χ0n) is 7.85. The van der Waals surface area contributed by atoms with E-state index in [1.165, 1.54) is 0 Å². The first-order valence-electron chi connectivity index (χ1n) is 4.82. The Morgan fingerprint density at radius 2 is 1.77 bits per heavy atom. The minimum Gasteiger partial charge on any atom is -0.327 e. The molecule has 0 aromatic carbocycles. The molecule has 0 aromatic heterocycles. The molecule has 2 bridgehead atoms. The van der Waals surface area contributed by atoms with Crippen LogP contribution in [0.3, 0.4) is 0 Å². The molecule has 0 amide bonds. The van der Waals surface area contributed by atoms with Crippen molar-refractivity contribution < 1.29 is 0 Å². The summed E-state index contributed by atoms with van der Waals surface area (Å²) < 4.78 is 0. The molecule has 0 heterocycles. The second-order valence-corrected chi connectivity index (χ2v) is 4.25. The second kappa shape index (κ2) is 2.87. The molecular weight excluding hydrogens is 160 g/mol. The van der Waals surface area contributed by atoms with Gasteiger partial charge in [-0.15, -0.1) is 12.3 Å². The summed E-state index contributed by atoms with van der Waals surface area (Å²) in [6.07, 6.45) is 9.83. The molecule has 0 aromatic rings. The maximum absolute atomic E-state index is 6.07. The van der Waals surface area contributed by atoms with Crippen molar-refractivity contribution in [2.24, 2.45) is 35.1 Å². The van der Waals surface area contributed by atoms with Gasteiger partial charge in [-0.05, 0) is 11.8 Å². The lowest BCUT2D eigenvalue weighted by atomic mass is 9.59. The van der Waals surface area contributed by atoms with Crippen LogP contribution in [0, 0.1) is 36.0 Å². The number of hydrogen-bond donors (Lipinski definition) is 2. The van der Waals surface area contributed by atoms with Gasteiger partial charge in [0.2, 0.25) is 0 Å². The largest absolute Gasteiger partial charge is 0.327 e. The third kappa shape index (κ3) is 1.04. The molecule has 70 valence electrons. The van der Waals surface area contributed by atoms with Crippen LogP contribution in [0.25, 0.3) is 0 Å². The number of nitrogens with two attached hydrogens (primary N) is 2. The first-order valence-corrected chi connectivity index (χ1v) is 4.82. The summed E-state index contributed by atoms with van der Waals surface area (Å²) in [5.74, 6) is 4.13. The van der Waals surface area contributed by atoms with Gasteiger partial charge in [0.25, 0.3) is 0 Å². The first kappa shape index (κ1) is 8.80. The molecule has 6 atom stereocenters. The lowest BCUT2D eigenvalue weighted by Gasteiger charge is -2.48. The van der Waals surface area contributed by atoms with Crippen LogP contribution in [0.15, 0.2) is 12.2 Å². The standard InChI is InChI=1S/C11H16N2/c1-3-7-8-4-5-9(11(7)13)10(12)6(8)2/h1,4-11H,12-13H2,2H3/t6?,7?,8-,9?,10?,11?/m0/s1. The number of terminal acetylenes is 1. The van der Waals surface area contributed by atoms with Crippen molar-refractivity contribution >= 4 is 0 Å². The summed E-state index contributed by atoms with van der Waals surface area (Å²) in [7, 11) is 0. The summed E-state index contributed by atoms with van der Waals surface area (Å²) >= 11 is 0. The van der Waals surface area contributed by atoms with E-state index in [1.54, 1.807) is 0 Å². The van der Waals surface area contributed by atoms with E-state index < -0.39 is 0 Å². The molecule has 0 spiro atoms. The van der Waals surface area contributed by atoms with Gasteiger partial charge in [0.15, 0.2) is 0 Å². The smallest absolute Gasteiger partial charge is 0.0423 e. The fourth-order valence-electron chi connectivity index (χ4n) is 2.72. The van der Waals surface area contributed by atoms with Crippen LogP contribution < -0.4 is 11.5 Å². The first-order chi connectivity index (χ1) is 6.16. The lowest BCUT2D eigenvalue weighted by Crippen LogP contribution is -2.59. The van der Waals surface area contributed by atoms with Gasteiger partial charge >= 0.3 is 0 Å². The van der Waals surface area contributed by atoms with E-state index in [0.717, 1.165) is 0 Å². The van der Waals surface area contributed by atoms with E-state index in [0.29, 0.717) is 11.8 Å². The minimum atomic E-state index is 0.0613. The maximum atomic E-state index is 6.07. The number of hydrogen-bond acceptors (Lipinski definition) is 2. The highest BCUT2D eigenvalue weighted by atomic mass is 14.8. The quantitative estimate of drug-likeness (QED) is 0.413. The topological polar surface area (TPSA) is 52.0 Å². The van der Waals surface area contributed by atoms with Crippen LogP contribution in [0.1, 0.15) is 6.92 Å². The van der Waals surface area contributed by atoms with E-state index in [1.807, 2.05) is 0 Å². The highest BCUT2D eigenvalue weighted by Crippen LogP contribution is 2.42. The zero-order chi connectivity index (χ0) is 9.59. The van der Waals surface area contributed by atoms with Crippen LogP contribution in [0.5, 0.6) is 0 Å². The van der Waals surface area contributed by atoms with E-state index in [2.05, 4.69) is 25.0 Å². The lowest BCUT2D eigenvalue weighted by molar-refractivity contribution is 0.132. The van der Waals surface area contributed by atoms with E-state index >= 15 is 0 Å². The van der Waals surface area contributed by atoms with Crippen LogP contribution in [-0.4, -0.2) is 12.1 Å². The molecule has 13 heavy (non-hydrogen) atoms. The minimum absolute atomic E-state index is 0.0613. The Kier molecular flexibility index (Phi) is 1.94. The summed E-state index contributed by atoms with van der Waals surface area (Å²) in [6.45, 7) is 2.17. The summed E-state index contributed by atoms with van der Waals surface area (Å²) in [5.41, 5.74) is 12.1. The zero-order valence-corrected chi connectivity index (χ0v) is 7.85. The van der Waals surface area contributed by atoms with Crippen LogP contribution in [-0.2, 0) is 0 Å². The Labute approximate surface area is 79.4 Å². The molecule has 0 aliphatic heterocycles. The maximum Gasteiger partial charge on any atom is 0.0423 e. The molecule has 2 nitrogen and oxygen atoms in total. The van der Waals surface area contributed by atoms with Gasteiger partial charge in [-0.2, -0.15) is 0 Å². The van der Waals surface area contributed by atoms with Gasteiger partial charge in [0.1, 0.15) is 0 Å². The van der Waals surface area contributed by atoms with Gasteiger partial charge in [-0.25, -0.2) is 0 Å². The molecule has 0 saturated heterocycles. The van der Waals surface area contributed by atoms with E-state index in [9.17, 15) is 0 Å². The average molecular weight is 176 g/mol. The Morgan fingerprint density at radius 3 is 2.38 bits per heavy atom. The summed E-state index contributed by atoms with van der Waals surface area (Å²) in [6, 6.07) is 0.251. The Hall–Kier alpha value is -0.780. The fourth-order valence-corrected chi connectivity index (χ4v) is 2.72. The highest BCUT2D eigenvalue weighted by Gasteiger charge is 2.46. The number of rotatable bonds is 0. The van der Waals surface area contributed by atoms with Crippen LogP contribution in [0.4, 0.5) is 0 Å². The predicted octanol–water partition coefficient (Wildman–Crippen LogP) is 0.342. The molecule has 5 unspecified atom stereocenters. The van der Waals surface area contributed by atoms with Crippen molar-refractivity contribution in [2.45, 2.75) is 19.0 Å². The average Bonchev–Trinajstić information content (AvgIpc) is 2.13. The van der Waals surface area contributed by atoms with Crippen LogP contribution in [0.2, 0.25) is 0 Å². The molecule has 2 heteroatoms. The normalized spacial score (nSPS) is 53.4. The fraction of sp³-hybridized carbons (Fsp3) is 0.636. The van der Waals surface area contributed by atoms with Gasteiger partial charge in [-0.3, -0.25) is 0 Å². The third-order valence-electron chi connectivity index (χ3n) is 3.68. The summed E-state index contributed by atoms with van der Waals surface area (Å²) in [4.78, 5) is 0. The highest BCUT2D eigenvalue weighted by molar-refractivity contribution is 5.23. The molecule has 4 N–H and O–H groups in total. The Morgan fingerprint density at radius 1 is 1.15 bits per heavy atom. The number of allylic oxidation sites excluding steroid dienone is 1. The SMILES string of the molecule is C#CC1C(N)C2C=C[C@H]1C(C)C2N. The molecule has 3 aliphatic carbocycles. The van der Waals surface area contributed by atoms with Crippen molar-refractivity contribution in [3.63, 3.8) is 0 Å². The van der Waals surface area contributed by atoms with Gasteiger partial charge in [0.05, 0.1) is 0 Å². The molecule has 3 aliphatic rings. The molecule has 3 rings (SSSR count). The van der Waals surface area contributed by atoms with Crippen molar-refractivity contribution in [3.8, 4) is 12.3 Å². The summed E-state index contributed by atoms with van der Waals surface area (Å²) in [5, 5.41) is 0. The molecule has 1 fully saturated rings. The van der Waals surface area contributed by atoms with E-state index in [-0.39, 0.29) is 23.9 Å². The van der Waals surface area contributed by atoms with Gasteiger partial charge in [-0.1, -0.05) is 19.1 Å². The molecular formula is C11H16N2. The second-order valence-electron chi connectivity index (χ2n) is 4.25. The van der Waals surface area contributed by atoms with E-state index in [4.69, 9.17) is 17.9 Å². The van der Waals surface area contributed by atoms with Gasteiger partial charge in [0, 0.05) is 23.9 Å². The number of fused-ring (bicyclic) bond motifs is 2. The monoisotopic (exact) mass is 176 g/mol. The van der Waals surface area contributed by atoms with Crippen molar-refractivity contribution in [3.05, 3.63) is 12.2 Å². The van der Waals surface area contributed by atoms with Crippen molar-refractivity contribution in [1.29, 1.82) is 0 Å². The van der Waals surface area contributed by atoms with Crippen LogP contribution >= 0.6 is 0 Å². The van der Waals surface area contributed by atoms with Crippen molar-refractivity contribution in [2.75, 3.05) is 0 Å². The van der Waals surface area contributed by atoms with Gasteiger partial charge < -0.3 is 11.5 Å². The Balaban J connectivity index is 2.35. The Bertz CT molecular complexity index is 276. The third-order valence-corrected chi connectivity index (χ3v) is 3.68. The molecule has 0 radical (unpaired) electrons. The predicted molar refractivity (Wildman–Crippen MR) is 53.6 cm³/mol. The van der Waals surface area contributed by atoms with Crippen molar-refractivity contribution in [1.82, 2.24) is 0 Å².